The van der Waals surface area contributed by atoms with Gasteiger partial charge in [-0.2, -0.15) is 0 Å². The molecule has 1 aliphatic rings. The van der Waals surface area contributed by atoms with Crippen LogP contribution in [0.25, 0.3) is 0 Å². The highest BCUT2D eigenvalue weighted by Gasteiger charge is 2.32. The highest BCUT2D eigenvalue weighted by atomic mass is 32.1. The Hall–Kier alpha value is -0.870. The van der Waals surface area contributed by atoms with Gasteiger partial charge >= 0.3 is 0 Å². The van der Waals surface area contributed by atoms with Gasteiger partial charge in [0, 0.05) is 24.0 Å². The number of carbonyl (C=O) groups is 1. The number of nitrogens with zero attached hydrogens (tertiary/aromatic N) is 1. The Balaban J connectivity index is 1.86. The Labute approximate surface area is 100 Å². The van der Waals surface area contributed by atoms with Crippen LogP contribution in [0.1, 0.15) is 25.1 Å². The summed E-state index contributed by atoms with van der Waals surface area (Å²) in [6, 6.07) is 4.47. The van der Waals surface area contributed by atoms with Crippen molar-refractivity contribution in [3.8, 4) is 0 Å². The van der Waals surface area contributed by atoms with Gasteiger partial charge in [-0.25, -0.2) is 0 Å². The molecule has 1 atom stereocenters. The molecule has 1 unspecified atom stereocenters. The first-order valence-electron chi connectivity index (χ1n) is 5.74. The quantitative estimate of drug-likeness (QED) is 0.868. The minimum Gasteiger partial charge on any atom is -0.339 e. The number of carbonyl (C=O) groups excluding carboxylic acids is 1. The van der Waals surface area contributed by atoms with Crippen LogP contribution in [0.2, 0.25) is 0 Å². The lowest BCUT2D eigenvalue weighted by atomic mass is 10.2. The van der Waals surface area contributed by atoms with E-state index in [4.69, 9.17) is 0 Å². The second-order valence-corrected chi connectivity index (χ2v) is 5.46. The van der Waals surface area contributed by atoms with E-state index in [1.165, 1.54) is 4.88 Å². The molecule has 0 radical (unpaired) electrons. The third kappa shape index (κ3) is 2.44. The predicted molar refractivity (Wildman–Crippen MR) is 66.4 cm³/mol. The van der Waals surface area contributed by atoms with Gasteiger partial charge in [0.15, 0.2) is 0 Å². The Bertz CT molecular complexity index is 348. The Morgan fingerprint density at radius 3 is 3.00 bits per heavy atom. The predicted octanol–water partition coefficient (Wildman–Crippen LogP) is 1.85. The van der Waals surface area contributed by atoms with Gasteiger partial charge in [-0.15, -0.1) is 11.3 Å². The first kappa shape index (κ1) is 11.6. The van der Waals surface area contributed by atoms with E-state index in [-0.39, 0.29) is 11.9 Å². The zero-order valence-corrected chi connectivity index (χ0v) is 10.6. The molecule has 16 heavy (non-hydrogen) atoms. The largest absolute Gasteiger partial charge is 0.339 e. The Kier molecular flexibility index (Phi) is 3.61. The fraction of sp³-hybridized carbons (Fsp3) is 0.583. The van der Waals surface area contributed by atoms with Crippen LogP contribution in [0.3, 0.4) is 0 Å². The van der Waals surface area contributed by atoms with Gasteiger partial charge in [-0.3, -0.25) is 4.79 Å². The lowest BCUT2D eigenvalue weighted by Crippen LogP contribution is -2.40. The molecule has 1 saturated heterocycles. The van der Waals surface area contributed by atoms with Crippen LogP contribution in [0.5, 0.6) is 0 Å². The zero-order chi connectivity index (χ0) is 11.5. The average molecular weight is 238 g/mol. The molecule has 2 heterocycles. The van der Waals surface area contributed by atoms with Gasteiger partial charge in [-0.05, 0) is 31.7 Å². The van der Waals surface area contributed by atoms with Gasteiger partial charge in [0.25, 0.3) is 0 Å². The third-order valence-electron chi connectivity index (χ3n) is 2.97. The first-order chi connectivity index (χ1) is 7.68. The molecular weight excluding hydrogens is 220 g/mol. The number of rotatable bonds is 4. The maximum absolute atomic E-state index is 12.0. The molecule has 3 nitrogen and oxygen atoms in total. The normalized spacial score (nSPS) is 21.1. The number of hydrogen-bond acceptors (Lipinski definition) is 3. The van der Waals surface area contributed by atoms with E-state index in [1.807, 2.05) is 11.0 Å². The lowest BCUT2D eigenvalue weighted by Gasteiger charge is -2.21. The van der Waals surface area contributed by atoms with Crippen LogP contribution in [-0.4, -0.2) is 29.4 Å². The molecule has 0 aliphatic carbocycles. The van der Waals surface area contributed by atoms with Gasteiger partial charge in [0.1, 0.15) is 0 Å². The fourth-order valence-corrected chi connectivity index (χ4v) is 2.70. The van der Waals surface area contributed by atoms with E-state index in [9.17, 15) is 4.79 Å². The summed E-state index contributed by atoms with van der Waals surface area (Å²) < 4.78 is 0. The summed E-state index contributed by atoms with van der Waals surface area (Å²) in [4.78, 5) is 15.2. The average Bonchev–Trinajstić information content (AvgIpc) is 2.84. The molecule has 0 spiro atoms. The minimum atomic E-state index is 0.0181. The summed E-state index contributed by atoms with van der Waals surface area (Å²) in [5.41, 5.74) is 0. The third-order valence-corrected chi connectivity index (χ3v) is 3.84. The molecule has 0 saturated carbocycles. The molecule has 88 valence electrons. The molecule has 0 aromatic carbocycles. The zero-order valence-electron chi connectivity index (χ0n) is 9.77. The Morgan fingerprint density at radius 2 is 2.44 bits per heavy atom. The van der Waals surface area contributed by atoms with Crippen molar-refractivity contribution in [1.29, 1.82) is 0 Å². The molecule has 0 bridgehead atoms. The topological polar surface area (TPSA) is 32.3 Å². The summed E-state index contributed by atoms with van der Waals surface area (Å²) in [5.74, 6) is 0.256. The van der Waals surface area contributed by atoms with Crippen LogP contribution in [0.15, 0.2) is 17.5 Å². The van der Waals surface area contributed by atoms with Crippen molar-refractivity contribution < 1.29 is 4.79 Å². The maximum Gasteiger partial charge on any atom is 0.240 e. The molecule has 1 fully saturated rings. The SMILES string of the molecule is CC(C)N1CCC(NCc2cccs2)C1=O. The number of hydrogen-bond donors (Lipinski definition) is 1. The number of amides is 1. The van der Waals surface area contributed by atoms with Crippen molar-refractivity contribution >= 4 is 17.2 Å². The summed E-state index contributed by atoms with van der Waals surface area (Å²) >= 11 is 1.73. The molecular formula is C12H18N2OS. The molecule has 1 aliphatic heterocycles. The van der Waals surface area contributed by atoms with Crippen molar-refractivity contribution in [2.75, 3.05) is 6.54 Å². The standard InChI is InChI=1S/C12H18N2OS/c1-9(2)14-6-5-11(12(14)15)13-8-10-4-3-7-16-10/h3-4,7,9,11,13H,5-6,8H2,1-2H3. The van der Waals surface area contributed by atoms with Crippen molar-refractivity contribution in [2.24, 2.45) is 0 Å². The lowest BCUT2D eigenvalue weighted by molar-refractivity contribution is -0.130. The Morgan fingerprint density at radius 1 is 1.62 bits per heavy atom. The van der Waals surface area contributed by atoms with Gasteiger partial charge in [0.05, 0.1) is 6.04 Å². The van der Waals surface area contributed by atoms with Crippen molar-refractivity contribution in [3.63, 3.8) is 0 Å². The summed E-state index contributed by atoms with van der Waals surface area (Å²) in [7, 11) is 0. The van der Waals surface area contributed by atoms with Crippen LogP contribution >= 0.6 is 11.3 Å². The monoisotopic (exact) mass is 238 g/mol. The summed E-state index contributed by atoms with van der Waals surface area (Å²) in [6.45, 7) is 5.83. The van der Waals surface area contributed by atoms with Crippen LogP contribution in [-0.2, 0) is 11.3 Å². The van der Waals surface area contributed by atoms with Crippen molar-refractivity contribution in [1.82, 2.24) is 10.2 Å². The van der Waals surface area contributed by atoms with E-state index < -0.39 is 0 Å². The smallest absolute Gasteiger partial charge is 0.240 e. The molecule has 1 aromatic heterocycles. The second kappa shape index (κ2) is 4.97. The maximum atomic E-state index is 12.0. The molecule has 1 aromatic rings. The molecule has 2 rings (SSSR count). The van der Waals surface area contributed by atoms with Gasteiger partial charge in [-0.1, -0.05) is 6.07 Å². The van der Waals surface area contributed by atoms with Gasteiger partial charge < -0.3 is 10.2 Å². The van der Waals surface area contributed by atoms with E-state index in [1.54, 1.807) is 11.3 Å². The minimum absolute atomic E-state index is 0.0181. The number of nitrogens with one attached hydrogen (secondary N) is 1. The second-order valence-electron chi connectivity index (χ2n) is 4.43. The van der Waals surface area contributed by atoms with E-state index >= 15 is 0 Å². The van der Waals surface area contributed by atoms with E-state index in [0.717, 1.165) is 19.5 Å². The number of thiophene rings is 1. The molecule has 4 heteroatoms. The van der Waals surface area contributed by atoms with Gasteiger partial charge in [0.2, 0.25) is 5.91 Å². The summed E-state index contributed by atoms with van der Waals surface area (Å²) in [5, 5.41) is 5.40. The molecule has 1 N–H and O–H groups in total. The van der Waals surface area contributed by atoms with Crippen molar-refractivity contribution in [3.05, 3.63) is 22.4 Å². The molecule has 1 amide bonds. The first-order valence-corrected chi connectivity index (χ1v) is 6.62. The van der Waals surface area contributed by atoms with Crippen LogP contribution < -0.4 is 5.32 Å². The fourth-order valence-electron chi connectivity index (χ4n) is 2.04. The number of likely N-dealkylation sites (tertiary alicyclic amines) is 1. The van der Waals surface area contributed by atoms with Crippen molar-refractivity contribution in [2.45, 2.75) is 38.9 Å². The van der Waals surface area contributed by atoms with E-state index in [2.05, 4.69) is 30.6 Å². The van der Waals surface area contributed by atoms with Crippen LogP contribution in [0.4, 0.5) is 0 Å². The van der Waals surface area contributed by atoms with E-state index in [0.29, 0.717) is 6.04 Å². The highest BCUT2D eigenvalue weighted by Crippen LogP contribution is 2.15. The van der Waals surface area contributed by atoms with Crippen LogP contribution in [0, 0.1) is 0 Å². The summed E-state index contributed by atoms with van der Waals surface area (Å²) in [6.07, 6.45) is 0.933. The highest BCUT2D eigenvalue weighted by molar-refractivity contribution is 7.09.